The summed E-state index contributed by atoms with van der Waals surface area (Å²) in [5.41, 5.74) is 4.17. The monoisotopic (exact) mass is 175 g/mol. The van der Waals surface area contributed by atoms with Crippen LogP contribution in [0.4, 0.5) is 0 Å². The quantitative estimate of drug-likeness (QED) is 0.759. The van der Waals surface area contributed by atoms with Gasteiger partial charge >= 0.3 is 0 Å². The molecule has 68 valence electrons. The number of nitrogens with zero attached hydrogens (tertiary/aromatic N) is 2. The maximum absolute atomic E-state index is 4.53. The number of fused-ring (bicyclic) bond motifs is 1. The highest BCUT2D eigenvalue weighted by molar-refractivity contribution is 5.73. The van der Waals surface area contributed by atoms with Crippen molar-refractivity contribution in [3.8, 4) is 0 Å². The van der Waals surface area contributed by atoms with E-state index in [1.165, 1.54) is 0 Å². The van der Waals surface area contributed by atoms with Gasteiger partial charge in [0.15, 0.2) is 0 Å². The first-order valence-corrected chi connectivity index (χ1v) is 4.67. The third kappa shape index (κ3) is 1.30. The summed E-state index contributed by atoms with van der Waals surface area (Å²) in [5.74, 6) is 0. The Balaban J connectivity index is 2.67. The Labute approximate surface area is 77.2 Å². The largest absolute Gasteiger partial charge is 0.364 e. The molecule has 0 amide bonds. The number of aryl methyl sites for hydroxylation is 2. The van der Waals surface area contributed by atoms with Gasteiger partial charge in [-0.25, -0.2) is 9.97 Å². The van der Waals surface area contributed by atoms with E-state index < -0.39 is 0 Å². The first-order chi connectivity index (χ1) is 6.35. The summed E-state index contributed by atoms with van der Waals surface area (Å²) in [6.07, 6.45) is 5.69. The fourth-order valence-electron chi connectivity index (χ4n) is 1.51. The molecule has 2 heterocycles. The van der Waals surface area contributed by atoms with Gasteiger partial charge in [0.2, 0.25) is 0 Å². The van der Waals surface area contributed by atoms with Crippen molar-refractivity contribution in [1.82, 2.24) is 15.0 Å². The molecule has 0 unspecified atom stereocenters. The average Bonchev–Trinajstić information content (AvgIpc) is 2.62. The molecular weight excluding hydrogens is 162 g/mol. The van der Waals surface area contributed by atoms with E-state index >= 15 is 0 Å². The zero-order valence-electron chi connectivity index (χ0n) is 7.96. The molecule has 0 atom stereocenters. The lowest BCUT2D eigenvalue weighted by Gasteiger charge is -2.02. The molecule has 2 aromatic heterocycles. The van der Waals surface area contributed by atoms with Crippen LogP contribution in [0.3, 0.4) is 0 Å². The van der Waals surface area contributed by atoms with Gasteiger partial charge in [0.25, 0.3) is 0 Å². The number of hydrogen-bond acceptors (Lipinski definition) is 2. The third-order valence-electron chi connectivity index (χ3n) is 2.22. The third-order valence-corrected chi connectivity index (χ3v) is 2.22. The van der Waals surface area contributed by atoms with Crippen molar-refractivity contribution in [2.75, 3.05) is 0 Å². The Hall–Kier alpha value is -1.38. The Morgan fingerprint density at radius 1 is 1.00 bits per heavy atom. The minimum Gasteiger partial charge on any atom is -0.364 e. The minimum atomic E-state index is 0.956. The van der Waals surface area contributed by atoms with Gasteiger partial charge in [-0.1, -0.05) is 13.8 Å². The predicted octanol–water partition coefficient (Wildman–Crippen LogP) is 2.08. The molecule has 0 bridgehead atoms. The molecule has 1 N–H and O–H groups in total. The molecule has 2 aromatic rings. The Morgan fingerprint density at radius 3 is 1.85 bits per heavy atom. The van der Waals surface area contributed by atoms with Crippen LogP contribution in [-0.4, -0.2) is 15.0 Å². The molecule has 0 aliphatic heterocycles. The predicted molar refractivity (Wildman–Crippen MR) is 52.6 cm³/mol. The molecule has 0 fully saturated rings. The van der Waals surface area contributed by atoms with Gasteiger partial charge in [-0.3, -0.25) is 0 Å². The number of aromatic amines is 1. The smallest absolute Gasteiger partial charge is 0.106 e. The van der Waals surface area contributed by atoms with E-state index in [2.05, 4.69) is 28.8 Å². The fraction of sp³-hybridized carbons (Fsp3) is 0.400. The highest BCUT2D eigenvalue weighted by Crippen LogP contribution is 2.12. The highest BCUT2D eigenvalue weighted by atomic mass is 14.9. The molecule has 0 spiro atoms. The topological polar surface area (TPSA) is 41.6 Å². The van der Waals surface area contributed by atoms with Gasteiger partial charge in [-0.05, 0) is 12.8 Å². The van der Waals surface area contributed by atoms with Crippen molar-refractivity contribution in [1.29, 1.82) is 0 Å². The number of aromatic nitrogens is 3. The van der Waals surface area contributed by atoms with Crippen molar-refractivity contribution in [3.05, 3.63) is 23.8 Å². The van der Waals surface area contributed by atoms with E-state index in [0.717, 1.165) is 35.3 Å². The number of rotatable bonds is 2. The zero-order chi connectivity index (χ0) is 9.26. The number of H-pyrrole nitrogens is 1. The second-order valence-electron chi connectivity index (χ2n) is 3.05. The summed E-state index contributed by atoms with van der Waals surface area (Å²) in [4.78, 5) is 12.1. The van der Waals surface area contributed by atoms with Crippen molar-refractivity contribution in [2.45, 2.75) is 26.7 Å². The van der Waals surface area contributed by atoms with Crippen molar-refractivity contribution < 1.29 is 0 Å². The molecule has 0 aliphatic carbocycles. The zero-order valence-corrected chi connectivity index (χ0v) is 7.96. The van der Waals surface area contributed by atoms with Crippen LogP contribution in [0.15, 0.2) is 12.4 Å². The summed E-state index contributed by atoms with van der Waals surface area (Å²) >= 11 is 0. The lowest BCUT2D eigenvalue weighted by atomic mass is 10.2. The molecule has 2 rings (SSSR count). The first kappa shape index (κ1) is 8.23. The van der Waals surface area contributed by atoms with Crippen molar-refractivity contribution >= 4 is 11.0 Å². The molecular formula is C10H13N3. The molecule has 0 saturated heterocycles. The van der Waals surface area contributed by atoms with E-state index in [-0.39, 0.29) is 0 Å². The molecule has 3 nitrogen and oxygen atoms in total. The fourth-order valence-corrected chi connectivity index (χ4v) is 1.51. The van der Waals surface area contributed by atoms with E-state index in [9.17, 15) is 0 Å². The first-order valence-electron chi connectivity index (χ1n) is 4.67. The molecule has 0 radical (unpaired) electrons. The van der Waals surface area contributed by atoms with Crippen LogP contribution < -0.4 is 0 Å². The van der Waals surface area contributed by atoms with Gasteiger partial charge in [-0.2, -0.15) is 0 Å². The van der Waals surface area contributed by atoms with Crippen molar-refractivity contribution in [2.24, 2.45) is 0 Å². The van der Waals surface area contributed by atoms with Crippen LogP contribution in [0.1, 0.15) is 25.2 Å². The van der Waals surface area contributed by atoms with Crippen molar-refractivity contribution in [3.63, 3.8) is 0 Å². The summed E-state index contributed by atoms with van der Waals surface area (Å²) in [5, 5.41) is 0. The Morgan fingerprint density at radius 2 is 1.46 bits per heavy atom. The van der Waals surface area contributed by atoms with Crippen LogP contribution in [0.2, 0.25) is 0 Å². The van der Waals surface area contributed by atoms with Crippen LogP contribution in [0.5, 0.6) is 0 Å². The van der Waals surface area contributed by atoms with E-state index in [4.69, 9.17) is 0 Å². The highest BCUT2D eigenvalue weighted by Gasteiger charge is 2.05. The van der Waals surface area contributed by atoms with Crippen LogP contribution in [-0.2, 0) is 12.8 Å². The number of nitrogens with one attached hydrogen (secondary N) is 1. The summed E-state index contributed by atoms with van der Waals surface area (Å²) in [7, 11) is 0. The van der Waals surface area contributed by atoms with Gasteiger partial charge in [0.1, 0.15) is 11.0 Å². The standard InChI is InChI=1S/C10H13N3/c1-3-7-8(4-2)13-10-6-11-5-9(10)12-7/h5-6,11H,3-4H2,1-2H3. The number of hydrogen-bond donors (Lipinski definition) is 1. The molecule has 0 aromatic carbocycles. The minimum absolute atomic E-state index is 0.956. The van der Waals surface area contributed by atoms with Gasteiger partial charge in [0, 0.05) is 12.4 Å². The maximum atomic E-state index is 4.53. The van der Waals surface area contributed by atoms with Crippen LogP contribution in [0, 0.1) is 0 Å². The van der Waals surface area contributed by atoms with E-state index in [1.807, 2.05) is 12.4 Å². The molecule has 0 aliphatic rings. The van der Waals surface area contributed by atoms with Crippen LogP contribution >= 0.6 is 0 Å². The lowest BCUT2D eigenvalue weighted by molar-refractivity contribution is 0.931. The van der Waals surface area contributed by atoms with Crippen LogP contribution in [0.25, 0.3) is 11.0 Å². The molecule has 0 saturated carbocycles. The van der Waals surface area contributed by atoms with Gasteiger partial charge in [0.05, 0.1) is 11.4 Å². The maximum Gasteiger partial charge on any atom is 0.106 e. The Kier molecular flexibility index (Phi) is 2.00. The second-order valence-corrected chi connectivity index (χ2v) is 3.05. The van der Waals surface area contributed by atoms with E-state index in [1.54, 1.807) is 0 Å². The van der Waals surface area contributed by atoms with Gasteiger partial charge < -0.3 is 4.98 Å². The normalized spacial score (nSPS) is 10.9. The molecule has 3 heteroatoms. The Bertz CT molecular complexity index is 379. The summed E-state index contributed by atoms with van der Waals surface area (Å²) in [6.45, 7) is 4.23. The second kappa shape index (κ2) is 3.17. The lowest BCUT2D eigenvalue weighted by Crippen LogP contribution is -1.98. The summed E-state index contributed by atoms with van der Waals surface area (Å²) in [6, 6.07) is 0. The molecule has 13 heavy (non-hydrogen) atoms. The average molecular weight is 175 g/mol. The van der Waals surface area contributed by atoms with Gasteiger partial charge in [-0.15, -0.1) is 0 Å². The SMILES string of the molecule is CCc1nc2c[nH]cc2nc1CC. The summed E-state index contributed by atoms with van der Waals surface area (Å²) < 4.78 is 0. The van der Waals surface area contributed by atoms with E-state index in [0.29, 0.717) is 0 Å².